The fourth-order valence-electron chi connectivity index (χ4n) is 1.38. The second kappa shape index (κ2) is 5.33. The van der Waals surface area contributed by atoms with E-state index in [0.717, 1.165) is 24.0 Å². The van der Waals surface area contributed by atoms with Crippen LogP contribution in [0.2, 0.25) is 0 Å². The highest BCUT2D eigenvalue weighted by atomic mass is 14.6. The Labute approximate surface area is 91.0 Å². The van der Waals surface area contributed by atoms with Crippen LogP contribution in [0.3, 0.4) is 0 Å². The fraction of sp³-hybridized carbons (Fsp3) is 0.308. The summed E-state index contributed by atoms with van der Waals surface area (Å²) in [6.45, 7) is 5.98. The van der Waals surface area contributed by atoms with Crippen LogP contribution in [0, 0.1) is 11.3 Å². The second-order valence-corrected chi connectivity index (χ2v) is 3.63. The molecule has 2 nitrogen and oxygen atoms in total. The zero-order valence-corrected chi connectivity index (χ0v) is 9.03. The van der Waals surface area contributed by atoms with E-state index < -0.39 is 0 Å². The summed E-state index contributed by atoms with van der Waals surface area (Å²) in [5, 5.41) is 8.65. The van der Waals surface area contributed by atoms with E-state index >= 15 is 0 Å². The van der Waals surface area contributed by atoms with Crippen molar-refractivity contribution in [1.82, 2.24) is 0 Å². The van der Waals surface area contributed by atoms with Crippen molar-refractivity contribution in [1.29, 1.82) is 5.26 Å². The van der Waals surface area contributed by atoms with Crippen LogP contribution in [0.15, 0.2) is 36.4 Å². The SMILES string of the molecule is C=C(CC)C(N)Cc1ccc(C#N)cc1. The summed E-state index contributed by atoms with van der Waals surface area (Å²) in [5.41, 5.74) is 8.87. The van der Waals surface area contributed by atoms with E-state index in [1.165, 1.54) is 0 Å². The molecule has 1 unspecified atom stereocenters. The Kier molecular flexibility index (Phi) is 4.08. The number of nitrogens with two attached hydrogens (primary N) is 1. The average Bonchev–Trinajstić information content (AvgIpc) is 2.29. The standard InChI is InChI=1S/C13H16N2/c1-3-10(2)13(15)8-11-4-6-12(9-14)7-5-11/h4-7,13H,2-3,8,15H2,1H3. The lowest BCUT2D eigenvalue weighted by Crippen LogP contribution is -2.24. The second-order valence-electron chi connectivity index (χ2n) is 3.63. The van der Waals surface area contributed by atoms with Gasteiger partial charge in [0.2, 0.25) is 0 Å². The van der Waals surface area contributed by atoms with Crippen molar-refractivity contribution >= 4 is 0 Å². The third-order valence-corrected chi connectivity index (χ3v) is 2.52. The molecule has 1 aromatic carbocycles. The number of nitriles is 1. The lowest BCUT2D eigenvalue weighted by atomic mass is 9.99. The maximum absolute atomic E-state index is 8.65. The largest absolute Gasteiger partial charge is 0.324 e. The minimum Gasteiger partial charge on any atom is -0.324 e. The Bertz CT molecular complexity index is 371. The molecule has 0 bridgehead atoms. The molecule has 0 aliphatic carbocycles. The van der Waals surface area contributed by atoms with Gasteiger partial charge in [-0.15, -0.1) is 0 Å². The molecule has 0 aliphatic rings. The topological polar surface area (TPSA) is 49.8 Å². The van der Waals surface area contributed by atoms with Crippen LogP contribution in [0.1, 0.15) is 24.5 Å². The summed E-state index contributed by atoms with van der Waals surface area (Å²) in [7, 11) is 0. The van der Waals surface area contributed by atoms with Gasteiger partial charge in [-0.3, -0.25) is 0 Å². The molecular formula is C13H16N2. The number of hydrogen-bond donors (Lipinski definition) is 1. The zero-order valence-electron chi connectivity index (χ0n) is 9.03. The molecule has 2 heteroatoms. The van der Waals surface area contributed by atoms with E-state index in [0.29, 0.717) is 5.56 Å². The molecule has 0 spiro atoms. The van der Waals surface area contributed by atoms with Gasteiger partial charge in [-0.1, -0.05) is 31.2 Å². The van der Waals surface area contributed by atoms with E-state index in [2.05, 4.69) is 19.6 Å². The lowest BCUT2D eigenvalue weighted by Gasteiger charge is -2.13. The zero-order chi connectivity index (χ0) is 11.3. The summed E-state index contributed by atoms with van der Waals surface area (Å²) in [4.78, 5) is 0. The molecule has 0 saturated carbocycles. The number of nitrogens with zero attached hydrogens (tertiary/aromatic N) is 1. The molecule has 78 valence electrons. The molecule has 1 atom stereocenters. The first-order valence-electron chi connectivity index (χ1n) is 5.09. The third-order valence-electron chi connectivity index (χ3n) is 2.52. The van der Waals surface area contributed by atoms with Crippen LogP contribution in [-0.2, 0) is 6.42 Å². The molecule has 15 heavy (non-hydrogen) atoms. The smallest absolute Gasteiger partial charge is 0.0991 e. The van der Waals surface area contributed by atoms with Gasteiger partial charge in [0.25, 0.3) is 0 Å². The molecule has 0 radical (unpaired) electrons. The first-order chi connectivity index (χ1) is 7.17. The van der Waals surface area contributed by atoms with Crippen molar-refractivity contribution < 1.29 is 0 Å². The summed E-state index contributed by atoms with van der Waals surface area (Å²) >= 11 is 0. The Balaban J connectivity index is 2.66. The summed E-state index contributed by atoms with van der Waals surface area (Å²) in [6, 6.07) is 9.63. The molecule has 0 saturated heterocycles. The predicted molar refractivity (Wildman–Crippen MR) is 62.3 cm³/mol. The van der Waals surface area contributed by atoms with Gasteiger partial charge in [-0.2, -0.15) is 5.26 Å². The lowest BCUT2D eigenvalue weighted by molar-refractivity contribution is 0.737. The Morgan fingerprint density at radius 1 is 1.47 bits per heavy atom. The Morgan fingerprint density at radius 3 is 2.53 bits per heavy atom. The van der Waals surface area contributed by atoms with E-state index in [1.807, 2.05) is 24.3 Å². The summed E-state index contributed by atoms with van der Waals surface area (Å²) in [6.07, 6.45) is 1.70. The van der Waals surface area contributed by atoms with Gasteiger partial charge in [-0.05, 0) is 30.5 Å². The molecule has 0 amide bonds. The molecule has 0 aliphatic heterocycles. The average molecular weight is 200 g/mol. The van der Waals surface area contributed by atoms with Crippen molar-refractivity contribution in [3.05, 3.63) is 47.5 Å². The van der Waals surface area contributed by atoms with Gasteiger partial charge >= 0.3 is 0 Å². The van der Waals surface area contributed by atoms with Crippen LogP contribution < -0.4 is 5.73 Å². The van der Waals surface area contributed by atoms with Crippen LogP contribution >= 0.6 is 0 Å². The Morgan fingerprint density at radius 2 is 2.07 bits per heavy atom. The molecule has 2 N–H and O–H groups in total. The van der Waals surface area contributed by atoms with Crippen LogP contribution in [-0.4, -0.2) is 6.04 Å². The Hall–Kier alpha value is -1.59. The molecule has 0 heterocycles. The molecule has 1 rings (SSSR count). The van der Waals surface area contributed by atoms with Crippen molar-refractivity contribution in [3.63, 3.8) is 0 Å². The number of rotatable bonds is 4. The van der Waals surface area contributed by atoms with Gasteiger partial charge < -0.3 is 5.73 Å². The highest BCUT2D eigenvalue weighted by Gasteiger charge is 2.06. The third kappa shape index (κ3) is 3.23. The summed E-state index contributed by atoms with van der Waals surface area (Å²) < 4.78 is 0. The van der Waals surface area contributed by atoms with Gasteiger partial charge in [0.05, 0.1) is 11.6 Å². The highest BCUT2D eigenvalue weighted by Crippen LogP contribution is 2.10. The van der Waals surface area contributed by atoms with Crippen molar-refractivity contribution in [2.24, 2.45) is 5.73 Å². The first kappa shape index (κ1) is 11.5. The maximum Gasteiger partial charge on any atom is 0.0991 e. The van der Waals surface area contributed by atoms with E-state index in [4.69, 9.17) is 11.0 Å². The fourth-order valence-corrected chi connectivity index (χ4v) is 1.38. The first-order valence-corrected chi connectivity index (χ1v) is 5.09. The molecule has 1 aromatic rings. The minimum atomic E-state index is 0.0166. The van der Waals surface area contributed by atoms with Crippen molar-refractivity contribution in [3.8, 4) is 6.07 Å². The molecular weight excluding hydrogens is 184 g/mol. The highest BCUT2D eigenvalue weighted by molar-refractivity contribution is 5.32. The normalized spacial score (nSPS) is 11.8. The van der Waals surface area contributed by atoms with Crippen molar-refractivity contribution in [2.45, 2.75) is 25.8 Å². The quantitative estimate of drug-likeness (QED) is 0.759. The molecule has 0 fully saturated rings. The van der Waals surface area contributed by atoms with E-state index in [1.54, 1.807) is 0 Å². The maximum atomic E-state index is 8.65. The van der Waals surface area contributed by atoms with E-state index in [-0.39, 0.29) is 6.04 Å². The number of benzene rings is 1. The van der Waals surface area contributed by atoms with Gasteiger partial charge in [0, 0.05) is 6.04 Å². The van der Waals surface area contributed by atoms with Gasteiger partial charge in [-0.25, -0.2) is 0 Å². The van der Waals surface area contributed by atoms with E-state index in [9.17, 15) is 0 Å². The predicted octanol–water partition coefficient (Wildman–Crippen LogP) is 2.39. The van der Waals surface area contributed by atoms with Gasteiger partial charge in [0.1, 0.15) is 0 Å². The van der Waals surface area contributed by atoms with Crippen LogP contribution in [0.25, 0.3) is 0 Å². The van der Waals surface area contributed by atoms with Crippen LogP contribution in [0.5, 0.6) is 0 Å². The van der Waals surface area contributed by atoms with Crippen LogP contribution in [0.4, 0.5) is 0 Å². The van der Waals surface area contributed by atoms with Gasteiger partial charge in [0.15, 0.2) is 0 Å². The number of hydrogen-bond acceptors (Lipinski definition) is 2. The van der Waals surface area contributed by atoms with Crippen molar-refractivity contribution in [2.75, 3.05) is 0 Å². The monoisotopic (exact) mass is 200 g/mol. The minimum absolute atomic E-state index is 0.0166. The molecule has 0 aromatic heterocycles. The summed E-state index contributed by atoms with van der Waals surface area (Å²) in [5.74, 6) is 0.